The van der Waals surface area contributed by atoms with Gasteiger partial charge in [-0.25, -0.2) is 15.1 Å². The average molecular weight is 247 g/mol. The van der Waals surface area contributed by atoms with Gasteiger partial charge in [-0.3, -0.25) is 0 Å². The Labute approximate surface area is 92.0 Å². The molecule has 0 aromatic rings. The Morgan fingerprint density at radius 1 is 1.00 bits per heavy atom. The Kier molecular flexibility index (Phi) is 156. The third-order valence-electron chi connectivity index (χ3n) is 0.137. The summed E-state index contributed by atoms with van der Waals surface area (Å²) in [6, 6.07) is 0. The summed E-state index contributed by atoms with van der Waals surface area (Å²) < 4.78 is 12.5. The molecule has 0 saturated carbocycles. The maximum Gasteiger partial charge on any atom is 2.00 e. The zero-order valence-electron chi connectivity index (χ0n) is 8.44. The predicted octanol–water partition coefficient (Wildman–Crippen LogP) is -6.13. The van der Waals surface area contributed by atoms with Crippen molar-refractivity contribution in [2.75, 3.05) is 0 Å². The summed E-state index contributed by atoms with van der Waals surface area (Å²) in [4.78, 5) is 15.2. The van der Waals surface area contributed by atoms with Crippen LogP contribution in [-0.4, -0.2) is 65.7 Å². The van der Waals surface area contributed by atoms with Gasteiger partial charge in [0.15, 0.2) is 0 Å². The fraction of sp³-hybridized carbons (Fsp3) is 0. The Morgan fingerprint density at radius 2 is 1.08 bits per heavy atom. The molecular weight excluding hydrogens is 229 g/mol. The molecule has 0 amide bonds. The molecule has 13 heavy (non-hydrogen) atoms. The molecule has 0 aliphatic carbocycles. The third-order valence-corrected chi connectivity index (χ3v) is 0.412. The van der Waals surface area contributed by atoms with Crippen molar-refractivity contribution in [3.63, 3.8) is 0 Å². The number of hydrogen-bond donors (Lipinski definition) is 3. The van der Waals surface area contributed by atoms with E-state index < -0.39 is 7.82 Å². The van der Waals surface area contributed by atoms with Gasteiger partial charge in [-0.15, -0.1) is 0 Å². The van der Waals surface area contributed by atoms with Crippen molar-refractivity contribution >= 4 is 30.9 Å². The predicted molar refractivity (Wildman–Crippen MR) is 47.0 cm³/mol. The number of nitrogens with two attached hydrogens (primary N) is 1. The number of hydrogen-bond acceptors (Lipinski definition) is 3. The second-order valence-corrected chi connectivity index (χ2v) is 1.79. The summed E-state index contributed by atoms with van der Waals surface area (Å²) in [6.07, 6.45) is 0. The first-order chi connectivity index (χ1) is 2.56. The first-order valence-corrected chi connectivity index (χ1v) is 2.53. The molecule has 0 rings (SSSR count). The van der Waals surface area contributed by atoms with E-state index in [0.717, 1.165) is 0 Å². The van der Waals surface area contributed by atoms with Gasteiger partial charge in [-0.05, 0) is 0 Å². The fourth-order valence-electron chi connectivity index (χ4n) is 0. The largest absolute Gasteiger partial charge is 2.00 e. The second-order valence-electron chi connectivity index (χ2n) is 0.596. The molecule has 0 bridgehead atoms. The molecule has 0 aromatic heterocycles. The molecule has 0 aromatic carbocycles. The molecule has 0 heterocycles. The Hall–Kier alpha value is 0.596. The van der Waals surface area contributed by atoms with Crippen molar-refractivity contribution in [1.82, 2.24) is 0 Å². The Bertz CT molecular complexity index is 87.5. The van der Waals surface area contributed by atoms with Gasteiger partial charge in [0.1, 0.15) is 0 Å². The number of phosphoric acid groups is 1. The van der Waals surface area contributed by atoms with Crippen LogP contribution in [0.1, 0.15) is 2.85 Å². The smallest absolute Gasteiger partial charge is 1.00 e. The molecule has 0 saturated heterocycles. The molecule has 0 fully saturated rings. The van der Waals surface area contributed by atoms with Crippen LogP contribution in [-0.2, 0) is 9.19 Å². The van der Waals surface area contributed by atoms with Crippen LogP contribution in [0, 0.1) is 0 Å². The van der Waals surface area contributed by atoms with Gasteiger partial charge in [0.2, 0.25) is 0 Å². The molecule has 0 unspecified atom stereocenters. The van der Waals surface area contributed by atoms with Crippen LogP contribution >= 0.6 is 7.82 Å². The summed E-state index contributed by atoms with van der Waals surface area (Å²) in [5.41, 5.74) is 0. The molecule has 0 radical (unpaired) electrons. The Morgan fingerprint density at radius 3 is 1.08 bits per heavy atom. The van der Waals surface area contributed by atoms with Crippen LogP contribution in [0.15, 0.2) is 0 Å². The van der Waals surface area contributed by atoms with Crippen LogP contribution < -0.4 is 5.90 Å². The van der Waals surface area contributed by atoms with E-state index in [1.54, 1.807) is 0 Å². The summed E-state index contributed by atoms with van der Waals surface area (Å²) in [5.74, 6) is 4.04. The molecular formula is H18MgNO10P. The fourth-order valence-corrected chi connectivity index (χ4v) is 0. The molecule has 11 nitrogen and oxygen atoms in total. The first kappa shape index (κ1) is 68.9. The maximum atomic E-state index is 9.35. The maximum absolute atomic E-state index is 9.35. The standard InChI is InChI=1S/Mg.H4NO4P.6H2O.2H/c;1-5-6(2,3)4;;;;;;;;/h;1H2,(H2,2,3,4);6*1H2;;/q+2;;;;;;;;2*-1. The minimum atomic E-state index is -4.37. The molecule has 0 atom stereocenters. The zero-order chi connectivity index (χ0) is 5.21. The van der Waals surface area contributed by atoms with E-state index in [4.69, 9.17) is 9.79 Å². The average Bonchev–Trinajstić information content (AvgIpc) is 1.35. The molecule has 13 heteroatoms. The molecule has 0 aliphatic heterocycles. The van der Waals surface area contributed by atoms with Gasteiger partial charge in [-0.1, -0.05) is 0 Å². The molecule has 0 spiro atoms. The first-order valence-electron chi connectivity index (χ1n) is 1.00. The van der Waals surface area contributed by atoms with E-state index in [1.807, 2.05) is 0 Å². The van der Waals surface area contributed by atoms with Crippen LogP contribution in [0.4, 0.5) is 0 Å². The summed E-state index contributed by atoms with van der Waals surface area (Å²) >= 11 is 0. The minimum Gasteiger partial charge on any atom is -1.00 e. The SMILES string of the molecule is NOP(=O)(O)O.O.O.O.O.O.O.[H-].[H-].[Mg+2]. The summed E-state index contributed by atoms with van der Waals surface area (Å²) in [6.45, 7) is 0. The number of rotatable bonds is 1. The van der Waals surface area contributed by atoms with Gasteiger partial charge in [-0.2, -0.15) is 0 Å². The molecule has 0 aliphatic rings. The van der Waals surface area contributed by atoms with E-state index in [-0.39, 0.29) is 58.8 Å². The molecule has 90 valence electrons. The van der Waals surface area contributed by atoms with Gasteiger partial charge < -0.3 is 45.5 Å². The van der Waals surface area contributed by atoms with Crippen molar-refractivity contribution in [2.24, 2.45) is 5.90 Å². The Balaban J connectivity index is -0.00000000347. The van der Waals surface area contributed by atoms with E-state index in [9.17, 15) is 4.57 Å². The summed E-state index contributed by atoms with van der Waals surface area (Å²) in [7, 11) is -4.37. The van der Waals surface area contributed by atoms with Crippen LogP contribution in [0.2, 0.25) is 0 Å². The van der Waals surface area contributed by atoms with Crippen molar-refractivity contribution < 1.29 is 54.7 Å². The normalized spacial score (nSPS) is 5.46. The molecule has 16 N–H and O–H groups in total. The zero-order valence-corrected chi connectivity index (χ0v) is 8.75. The van der Waals surface area contributed by atoms with Crippen molar-refractivity contribution in [3.05, 3.63) is 0 Å². The van der Waals surface area contributed by atoms with Crippen molar-refractivity contribution in [3.8, 4) is 0 Å². The van der Waals surface area contributed by atoms with E-state index in [0.29, 0.717) is 0 Å². The van der Waals surface area contributed by atoms with E-state index in [2.05, 4.69) is 10.5 Å². The van der Waals surface area contributed by atoms with E-state index in [1.165, 1.54) is 0 Å². The topological polar surface area (TPSA) is 282 Å². The van der Waals surface area contributed by atoms with Crippen molar-refractivity contribution in [1.29, 1.82) is 0 Å². The van der Waals surface area contributed by atoms with Gasteiger partial charge in [0.05, 0.1) is 0 Å². The van der Waals surface area contributed by atoms with Gasteiger partial charge in [0, 0.05) is 0 Å². The van der Waals surface area contributed by atoms with Crippen LogP contribution in [0.25, 0.3) is 0 Å². The van der Waals surface area contributed by atoms with Gasteiger partial charge >= 0.3 is 30.9 Å². The van der Waals surface area contributed by atoms with Crippen LogP contribution in [0.3, 0.4) is 0 Å². The summed E-state index contributed by atoms with van der Waals surface area (Å²) in [5, 5.41) is 0. The monoisotopic (exact) mass is 247 g/mol. The second kappa shape index (κ2) is 29.4. The quantitative estimate of drug-likeness (QED) is 0.230. The van der Waals surface area contributed by atoms with Crippen LogP contribution in [0.5, 0.6) is 0 Å². The van der Waals surface area contributed by atoms with E-state index >= 15 is 0 Å². The third kappa shape index (κ3) is 109. The van der Waals surface area contributed by atoms with Crippen molar-refractivity contribution in [2.45, 2.75) is 0 Å². The van der Waals surface area contributed by atoms with Gasteiger partial charge in [0.25, 0.3) is 0 Å². The minimum absolute atomic E-state index is 0.